The molecule has 2 unspecified atom stereocenters. The van der Waals surface area contributed by atoms with E-state index in [1.54, 1.807) is 0 Å². The Balaban J connectivity index is 0.00000180. The minimum Gasteiger partial charge on any atom is -0.339 e. The Labute approximate surface area is 123 Å². The monoisotopic (exact) mass is 288 g/mol. The molecule has 0 aromatic rings. The summed E-state index contributed by atoms with van der Waals surface area (Å²) in [6, 6.07) is 0.794. The molecule has 2 N–H and O–H groups in total. The van der Waals surface area contributed by atoms with Crippen molar-refractivity contribution in [3.8, 4) is 0 Å². The van der Waals surface area contributed by atoms with Crippen LogP contribution in [0.3, 0.4) is 0 Å². The van der Waals surface area contributed by atoms with Crippen LogP contribution in [0.25, 0.3) is 0 Å². The standard InChI is InChI=1S/C15H28N2O.ClH/c1-11(2)10-17(13-7-8-13)15(18)9-12-5-3-4-6-14(12)16;/h11-14H,3-10,16H2,1-2H3;1H. The summed E-state index contributed by atoms with van der Waals surface area (Å²) in [4.78, 5) is 14.6. The van der Waals surface area contributed by atoms with Crippen molar-refractivity contribution >= 4 is 18.3 Å². The summed E-state index contributed by atoms with van der Waals surface area (Å²) in [5.74, 6) is 1.35. The first kappa shape index (κ1) is 16.8. The lowest BCUT2D eigenvalue weighted by molar-refractivity contribution is -0.133. The summed E-state index contributed by atoms with van der Waals surface area (Å²) in [6.45, 7) is 5.30. The van der Waals surface area contributed by atoms with E-state index in [0.717, 1.165) is 19.4 Å². The first-order valence-corrected chi connectivity index (χ1v) is 7.63. The summed E-state index contributed by atoms with van der Waals surface area (Å²) in [5, 5.41) is 0. The number of hydrogen-bond donors (Lipinski definition) is 1. The maximum Gasteiger partial charge on any atom is 0.223 e. The minimum absolute atomic E-state index is 0. The fourth-order valence-corrected chi connectivity index (χ4v) is 3.07. The zero-order valence-electron chi connectivity index (χ0n) is 12.3. The third-order valence-corrected chi connectivity index (χ3v) is 4.27. The molecule has 4 heteroatoms. The fourth-order valence-electron chi connectivity index (χ4n) is 3.07. The van der Waals surface area contributed by atoms with Crippen molar-refractivity contribution in [2.75, 3.05) is 6.54 Å². The van der Waals surface area contributed by atoms with Gasteiger partial charge in [0.05, 0.1) is 0 Å². The Hall–Kier alpha value is -0.280. The molecule has 0 bridgehead atoms. The Bertz CT molecular complexity index is 292. The van der Waals surface area contributed by atoms with Gasteiger partial charge in [-0.3, -0.25) is 4.79 Å². The van der Waals surface area contributed by atoms with Crippen LogP contribution >= 0.6 is 12.4 Å². The van der Waals surface area contributed by atoms with Gasteiger partial charge in [0, 0.05) is 25.0 Å². The van der Waals surface area contributed by atoms with Crippen LogP contribution in [0.1, 0.15) is 58.8 Å². The van der Waals surface area contributed by atoms with Crippen molar-refractivity contribution in [1.29, 1.82) is 0 Å². The van der Waals surface area contributed by atoms with Crippen LogP contribution in [0, 0.1) is 11.8 Å². The molecule has 112 valence electrons. The van der Waals surface area contributed by atoms with Crippen LogP contribution in [0.2, 0.25) is 0 Å². The molecule has 19 heavy (non-hydrogen) atoms. The van der Waals surface area contributed by atoms with Crippen LogP contribution < -0.4 is 5.73 Å². The van der Waals surface area contributed by atoms with Gasteiger partial charge in [0.2, 0.25) is 5.91 Å². The van der Waals surface area contributed by atoms with Gasteiger partial charge < -0.3 is 10.6 Å². The Morgan fingerprint density at radius 2 is 1.84 bits per heavy atom. The SMILES string of the molecule is CC(C)CN(C(=O)CC1CCCCC1N)C1CC1.Cl. The minimum atomic E-state index is 0. The summed E-state index contributed by atoms with van der Waals surface area (Å²) < 4.78 is 0. The highest BCUT2D eigenvalue weighted by molar-refractivity contribution is 5.85. The molecule has 2 atom stereocenters. The van der Waals surface area contributed by atoms with Crippen LogP contribution in [-0.4, -0.2) is 29.4 Å². The van der Waals surface area contributed by atoms with Crippen molar-refractivity contribution in [2.24, 2.45) is 17.6 Å². The van der Waals surface area contributed by atoms with Gasteiger partial charge in [0.15, 0.2) is 0 Å². The lowest BCUT2D eigenvalue weighted by Gasteiger charge is -2.31. The van der Waals surface area contributed by atoms with Crippen molar-refractivity contribution < 1.29 is 4.79 Å². The predicted octanol–water partition coefficient (Wildman–Crippen LogP) is 2.96. The fraction of sp³-hybridized carbons (Fsp3) is 0.933. The first-order valence-electron chi connectivity index (χ1n) is 7.63. The molecule has 2 aliphatic rings. The van der Waals surface area contributed by atoms with Gasteiger partial charge in [-0.25, -0.2) is 0 Å². The van der Waals surface area contributed by atoms with Gasteiger partial charge in [-0.15, -0.1) is 12.4 Å². The average molecular weight is 289 g/mol. The number of halogens is 1. The molecule has 2 rings (SSSR count). The molecular weight excluding hydrogens is 260 g/mol. The van der Waals surface area contributed by atoms with Crippen LogP contribution in [-0.2, 0) is 4.79 Å². The van der Waals surface area contributed by atoms with Crippen LogP contribution in [0.4, 0.5) is 0 Å². The molecule has 2 aliphatic carbocycles. The summed E-state index contributed by atoms with van der Waals surface area (Å²) in [6.07, 6.45) is 7.83. The van der Waals surface area contributed by atoms with Gasteiger partial charge in [-0.2, -0.15) is 0 Å². The van der Waals surface area contributed by atoms with Gasteiger partial charge in [0.25, 0.3) is 0 Å². The number of nitrogens with two attached hydrogens (primary N) is 1. The zero-order valence-corrected chi connectivity index (χ0v) is 13.1. The molecule has 0 aromatic carbocycles. The van der Waals surface area contributed by atoms with Crippen LogP contribution in [0.15, 0.2) is 0 Å². The highest BCUT2D eigenvalue weighted by atomic mass is 35.5. The largest absolute Gasteiger partial charge is 0.339 e. The summed E-state index contributed by atoms with van der Waals surface area (Å²) in [5.41, 5.74) is 6.15. The molecule has 1 amide bonds. The maximum absolute atomic E-state index is 12.4. The highest BCUT2D eigenvalue weighted by Crippen LogP contribution is 2.31. The van der Waals surface area contributed by atoms with E-state index in [4.69, 9.17) is 5.73 Å². The molecule has 0 radical (unpaired) electrons. The molecule has 2 saturated carbocycles. The zero-order chi connectivity index (χ0) is 13.1. The maximum atomic E-state index is 12.4. The smallest absolute Gasteiger partial charge is 0.223 e. The second-order valence-corrected chi connectivity index (χ2v) is 6.58. The predicted molar refractivity (Wildman–Crippen MR) is 81.4 cm³/mol. The summed E-state index contributed by atoms with van der Waals surface area (Å²) >= 11 is 0. The topological polar surface area (TPSA) is 46.3 Å². The Morgan fingerprint density at radius 1 is 1.21 bits per heavy atom. The van der Waals surface area contributed by atoms with E-state index in [-0.39, 0.29) is 18.4 Å². The summed E-state index contributed by atoms with van der Waals surface area (Å²) in [7, 11) is 0. The molecule has 0 spiro atoms. The molecule has 3 nitrogen and oxygen atoms in total. The van der Waals surface area contributed by atoms with Gasteiger partial charge in [0.1, 0.15) is 0 Å². The van der Waals surface area contributed by atoms with Crippen molar-refractivity contribution in [1.82, 2.24) is 4.90 Å². The molecule has 2 fully saturated rings. The number of rotatable bonds is 5. The lowest BCUT2D eigenvalue weighted by Crippen LogP contribution is -2.41. The number of nitrogens with zero attached hydrogens (tertiary/aromatic N) is 1. The average Bonchev–Trinajstić information content (AvgIpc) is 3.12. The van der Waals surface area contributed by atoms with Crippen molar-refractivity contribution in [3.05, 3.63) is 0 Å². The van der Waals surface area contributed by atoms with E-state index >= 15 is 0 Å². The molecule has 0 heterocycles. The van der Waals surface area contributed by atoms with Crippen molar-refractivity contribution in [2.45, 2.75) is 70.9 Å². The highest BCUT2D eigenvalue weighted by Gasteiger charge is 2.34. The Kier molecular flexibility index (Phi) is 6.61. The van der Waals surface area contributed by atoms with Gasteiger partial charge >= 0.3 is 0 Å². The number of carbonyl (C=O) groups is 1. The van der Waals surface area contributed by atoms with E-state index in [9.17, 15) is 4.79 Å². The molecular formula is C15H29ClN2O. The van der Waals surface area contributed by atoms with E-state index < -0.39 is 0 Å². The number of hydrogen-bond acceptors (Lipinski definition) is 2. The quantitative estimate of drug-likeness (QED) is 0.845. The number of carbonyl (C=O) groups excluding carboxylic acids is 1. The normalized spacial score (nSPS) is 26.9. The molecule has 0 aromatic heterocycles. The third-order valence-electron chi connectivity index (χ3n) is 4.27. The second kappa shape index (κ2) is 7.49. The van der Waals surface area contributed by atoms with Gasteiger partial charge in [-0.1, -0.05) is 26.7 Å². The first-order chi connectivity index (χ1) is 8.58. The van der Waals surface area contributed by atoms with E-state index in [2.05, 4.69) is 18.7 Å². The third kappa shape index (κ3) is 4.96. The molecule has 0 aliphatic heterocycles. The second-order valence-electron chi connectivity index (χ2n) is 6.58. The van der Waals surface area contributed by atoms with Crippen molar-refractivity contribution in [3.63, 3.8) is 0 Å². The van der Waals surface area contributed by atoms with E-state index in [1.165, 1.54) is 25.7 Å². The van der Waals surface area contributed by atoms with E-state index in [1.807, 2.05) is 0 Å². The van der Waals surface area contributed by atoms with E-state index in [0.29, 0.717) is 30.2 Å². The van der Waals surface area contributed by atoms with Gasteiger partial charge in [-0.05, 0) is 37.5 Å². The molecule has 0 saturated heterocycles. The number of amides is 1. The lowest BCUT2D eigenvalue weighted by atomic mass is 9.82. The van der Waals surface area contributed by atoms with Crippen LogP contribution in [0.5, 0.6) is 0 Å². The Morgan fingerprint density at radius 3 is 2.37 bits per heavy atom.